The van der Waals surface area contributed by atoms with Crippen molar-refractivity contribution in [2.45, 2.75) is 25.5 Å². The normalized spacial score (nSPS) is 16.4. The van der Waals surface area contributed by atoms with Gasteiger partial charge in [0, 0.05) is 4.47 Å². The van der Waals surface area contributed by atoms with Gasteiger partial charge in [0.25, 0.3) is 0 Å². The molecule has 1 aromatic carbocycles. The topological polar surface area (TPSA) is 34.1 Å². The molecule has 88 valence electrons. The lowest BCUT2D eigenvalue weighted by Gasteiger charge is -2.05. The van der Waals surface area contributed by atoms with Crippen molar-refractivity contribution in [2.75, 3.05) is 5.75 Å². The van der Waals surface area contributed by atoms with Crippen LogP contribution >= 0.6 is 15.9 Å². The van der Waals surface area contributed by atoms with Gasteiger partial charge in [-0.25, -0.2) is 8.42 Å². The lowest BCUT2D eigenvalue weighted by Crippen LogP contribution is -2.10. The number of hydrogen-bond acceptors (Lipinski definition) is 2. The number of benzene rings is 1. The fourth-order valence-electron chi connectivity index (χ4n) is 1.68. The first kappa shape index (κ1) is 12.1. The zero-order valence-electron chi connectivity index (χ0n) is 9.24. The summed E-state index contributed by atoms with van der Waals surface area (Å²) < 4.78 is 24.6. The Hall–Kier alpha value is -0.350. The van der Waals surface area contributed by atoms with Gasteiger partial charge in [-0.2, -0.15) is 0 Å². The minimum Gasteiger partial charge on any atom is -0.228 e. The first-order chi connectivity index (χ1) is 7.46. The molecule has 1 aliphatic carbocycles. The van der Waals surface area contributed by atoms with Crippen LogP contribution < -0.4 is 0 Å². The third kappa shape index (κ3) is 3.32. The Balaban J connectivity index is 2.10. The van der Waals surface area contributed by atoms with E-state index in [-0.39, 0.29) is 5.75 Å². The maximum atomic E-state index is 11.8. The molecule has 0 atom stereocenters. The van der Waals surface area contributed by atoms with Gasteiger partial charge in [-0.15, -0.1) is 0 Å². The van der Waals surface area contributed by atoms with Crippen molar-refractivity contribution >= 4 is 25.8 Å². The Morgan fingerprint density at radius 1 is 1.38 bits per heavy atom. The third-order valence-electron chi connectivity index (χ3n) is 2.81. The lowest BCUT2D eigenvalue weighted by atomic mass is 10.2. The largest absolute Gasteiger partial charge is 0.228 e. The van der Waals surface area contributed by atoms with Crippen LogP contribution in [0.15, 0.2) is 22.7 Å². The summed E-state index contributed by atoms with van der Waals surface area (Å²) in [7, 11) is -2.92. The van der Waals surface area contributed by atoms with Crippen LogP contribution in [0.2, 0.25) is 0 Å². The molecule has 1 saturated carbocycles. The summed E-state index contributed by atoms with van der Waals surface area (Å²) in [5, 5.41) is 0. The van der Waals surface area contributed by atoms with Crippen LogP contribution in [0.3, 0.4) is 0 Å². The lowest BCUT2D eigenvalue weighted by molar-refractivity contribution is 0.591. The molecule has 4 heteroatoms. The molecular weight excluding hydrogens is 288 g/mol. The van der Waals surface area contributed by atoms with Crippen molar-refractivity contribution < 1.29 is 8.42 Å². The summed E-state index contributed by atoms with van der Waals surface area (Å²) in [5.41, 5.74) is 2.00. The Morgan fingerprint density at radius 3 is 2.62 bits per heavy atom. The highest BCUT2D eigenvalue weighted by Crippen LogP contribution is 2.31. The maximum absolute atomic E-state index is 11.8. The van der Waals surface area contributed by atoms with Crippen LogP contribution in [-0.2, 0) is 15.6 Å². The molecule has 1 aromatic rings. The van der Waals surface area contributed by atoms with Crippen molar-refractivity contribution in [1.82, 2.24) is 0 Å². The predicted octanol–water partition coefficient (Wildman–Crippen LogP) is 3.08. The van der Waals surface area contributed by atoms with Gasteiger partial charge in [0.15, 0.2) is 9.84 Å². The van der Waals surface area contributed by atoms with Crippen LogP contribution in [-0.4, -0.2) is 14.2 Å². The van der Waals surface area contributed by atoms with Crippen molar-refractivity contribution in [2.24, 2.45) is 5.92 Å². The van der Waals surface area contributed by atoms with Crippen LogP contribution in [0.1, 0.15) is 24.0 Å². The van der Waals surface area contributed by atoms with Gasteiger partial charge in [-0.3, -0.25) is 0 Å². The molecule has 0 radical (unpaired) electrons. The van der Waals surface area contributed by atoms with Crippen LogP contribution in [0, 0.1) is 12.8 Å². The van der Waals surface area contributed by atoms with Crippen LogP contribution in [0.25, 0.3) is 0 Å². The molecule has 2 nitrogen and oxygen atoms in total. The van der Waals surface area contributed by atoms with Gasteiger partial charge in [0.1, 0.15) is 0 Å². The molecule has 0 bridgehead atoms. The van der Waals surface area contributed by atoms with E-state index in [4.69, 9.17) is 0 Å². The standard InChI is InChI=1S/C12H15BrO2S/c1-9-2-3-11(6-12(9)13)8-16(14,15)7-10-4-5-10/h2-3,6,10H,4-5,7-8H2,1H3. The summed E-state index contributed by atoms with van der Waals surface area (Å²) in [6.07, 6.45) is 2.16. The molecule has 0 aromatic heterocycles. The Labute approximate surface area is 105 Å². The molecule has 16 heavy (non-hydrogen) atoms. The minimum atomic E-state index is -2.92. The predicted molar refractivity (Wildman–Crippen MR) is 69.1 cm³/mol. The quantitative estimate of drug-likeness (QED) is 0.856. The summed E-state index contributed by atoms with van der Waals surface area (Å²) in [6, 6.07) is 5.75. The maximum Gasteiger partial charge on any atom is 0.154 e. The second-order valence-electron chi connectivity index (χ2n) is 4.58. The first-order valence-corrected chi connectivity index (χ1v) is 8.03. The highest BCUT2D eigenvalue weighted by Gasteiger charge is 2.27. The molecular formula is C12H15BrO2S. The second-order valence-corrected chi connectivity index (χ2v) is 7.54. The SMILES string of the molecule is Cc1ccc(CS(=O)(=O)CC2CC2)cc1Br. The van der Waals surface area contributed by atoms with E-state index in [1.54, 1.807) is 0 Å². The molecule has 0 unspecified atom stereocenters. The molecule has 0 heterocycles. The average molecular weight is 303 g/mol. The summed E-state index contributed by atoms with van der Waals surface area (Å²) >= 11 is 3.42. The van der Waals surface area contributed by atoms with Gasteiger partial charge < -0.3 is 0 Å². The fraction of sp³-hybridized carbons (Fsp3) is 0.500. The number of aryl methyl sites for hydroxylation is 1. The van der Waals surface area contributed by atoms with Crippen molar-refractivity contribution in [3.05, 3.63) is 33.8 Å². The number of halogens is 1. The third-order valence-corrected chi connectivity index (χ3v) is 5.42. The molecule has 0 N–H and O–H groups in total. The Bertz CT molecular complexity index is 490. The summed E-state index contributed by atoms with van der Waals surface area (Å²) in [5.74, 6) is 0.958. The minimum absolute atomic E-state index is 0.169. The summed E-state index contributed by atoms with van der Waals surface area (Å²) in [4.78, 5) is 0. The van der Waals surface area contributed by atoms with E-state index in [9.17, 15) is 8.42 Å². The van der Waals surface area contributed by atoms with Crippen molar-refractivity contribution in [1.29, 1.82) is 0 Å². The van der Waals surface area contributed by atoms with Crippen molar-refractivity contribution in [3.8, 4) is 0 Å². The van der Waals surface area contributed by atoms with E-state index < -0.39 is 9.84 Å². The zero-order chi connectivity index (χ0) is 11.8. The Kier molecular flexibility index (Phi) is 3.40. The van der Waals surface area contributed by atoms with Gasteiger partial charge in [-0.1, -0.05) is 28.1 Å². The molecule has 0 aliphatic heterocycles. The van der Waals surface area contributed by atoms with Crippen LogP contribution in [0.5, 0.6) is 0 Å². The number of hydrogen-bond donors (Lipinski definition) is 0. The molecule has 2 rings (SSSR count). The molecule has 1 aliphatic rings. The monoisotopic (exact) mass is 302 g/mol. The van der Waals surface area contributed by atoms with E-state index in [1.807, 2.05) is 25.1 Å². The fourth-order valence-corrected chi connectivity index (χ4v) is 3.97. The van der Waals surface area contributed by atoms with Gasteiger partial charge in [0.05, 0.1) is 11.5 Å². The second kappa shape index (κ2) is 4.49. The average Bonchev–Trinajstić information content (AvgIpc) is 2.94. The Morgan fingerprint density at radius 2 is 2.06 bits per heavy atom. The van der Waals surface area contributed by atoms with Crippen LogP contribution in [0.4, 0.5) is 0 Å². The van der Waals surface area contributed by atoms with E-state index in [2.05, 4.69) is 15.9 Å². The highest BCUT2D eigenvalue weighted by atomic mass is 79.9. The number of sulfone groups is 1. The van der Waals surface area contributed by atoms with Gasteiger partial charge in [-0.05, 0) is 42.9 Å². The van der Waals surface area contributed by atoms with E-state index in [0.29, 0.717) is 11.7 Å². The van der Waals surface area contributed by atoms with Gasteiger partial charge in [0.2, 0.25) is 0 Å². The van der Waals surface area contributed by atoms with Gasteiger partial charge >= 0.3 is 0 Å². The molecule has 1 fully saturated rings. The number of rotatable bonds is 4. The molecule has 0 spiro atoms. The van der Waals surface area contributed by atoms with E-state index >= 15 is 0 Å². The van der Waals surface area contributed by atoms with Crippen molar-refractivity contribution in [3.63, 3.8) is 0 Å². The molecule has 0 saturated heterocycles. The smallest absolute Gasteiger partial charge is 0.154 e. The van der Waals surface area contributed by atoms with E-state index in [1.165, 1.54) is 0 Å². The summed E-state index contributed by atoms with van der Waals surface area (Å²) in [6.45, 7) is 1.99. The molecule has 0 amide bonds. The van der Waals surface area contributed by atoms with E-state index in [0.717, 1.165) is 28.4 Å². The zero-order valence-corrected chi connectivity index (χ0v) is 11.6. The first-order valence-electron chi connectivity index (χ1n) is 5.42. The highest BCUT2D eigenvalue weighted by molar-refractivity contribution is 9.10.